The van der Waals surface area contributed by atoms with Crippen LogP contribution in [0.2, 0.25) is 0 Å². The van der Waals surface area contributed by atoms with Gasteiger partial charge in [-0.15, -0.1) is 0 Å². The molecule has 1 fully saturated rings. The molecule has 8 heteroatoms. The first-order valence-electron chi connectivity index (χ1n) is 7.09. The molecule has 1 aliphatic rings. The first-order chi connectivity index (χ1) is 11.0. The van der Waals surface area contributed by atoms with E-state index in [1.807, 2.05) is 0 Å². The molecule has 120 valence electrons. The molecular weight excluding hydrogens is 306 g/mol. The maximum absolute atomic E-state index is 13.8. The number of aromatic amines is 1. The van der Waals surface area contributed by atoms with Crippen LogP contribution in [0.15, 0.2) is 35.1 Å². The molecular formula is C15H14F2N4O2. The van der Waals surface area contributed by atoms with E-state index < -0.39 is 17.5 Å². The van der Waals surface area contributed by atoms with Crippen LogP contribution in [0.4, 0.5) is 14.5 Å². The number of anilines is 1. The van der Waals surface area contributed by atoms with Gasteiger partial charge in [-0.3, -0.25) is 9.59 Å². The van der Waals surface area contributed by atoms with Crippen molar-refractivity contribution >= 4 is 11.6 Å². The van der Waals surface area contributed by atoms with Gasteiger partial charge in [0.25, 0.3) is 11.5 Å². The Morgan fingerprint density at radius 3 is 2.83 bits per heavy atom. The van der Waals surface area contributed by atoms with Gasteiger partial charge in [-0.05, 0) is 24.6 Å². The molecule has 1 aliphatic heterocycles. The van der Waals surface area contributed by atoms with Gasteiger partial charge in [-0.25, -0.2) is 13.9 Å². The Morgan fingerprint density at radius 1 is 1.30 bits per heavy atom. The van der Waals surface area contributed by atoms with E-state index >= 15 is 0 Å². The van der Waals surface area contributed by atoms with Crippen molar-refractivity contribution < 1.29 is 13.6 Å². The second kappa shape index (κ2) is 6.15. The molecule has 6 nitrogen and oxygen atoms in total. The van der Waals surface area contributed by atoms with Crippen molar-refractivity contribution in [1.29, 1.82) is 0 Å². The van der Waals surface area contributed by atoms with E-state index in [2.05, 4.69) is 15.5 Å². The number of nitrogens with one attached hydrogen (secondary N) is 2. The van der Waals surface area contributed by atoms with Crippen molar-refractivity contribution in [3.05, 3.63) is 58.0 Å². The second-order valence-electron chi connectivity index (χ2n) is 5.31. The van der Waals surface area contributed by atoms with E-state index in [1.54, 1.807) is 4.90 Å². The molecule has 0 unspecified atom stereocenters. The van der Waals surface area contributed by atoms with Crippen LogP contribution in [0.1, 0.15) is 16.9 Å². The molecule has 2 heterocycles. The number of nitrogens with zero attached hydrogens (tertiary/aromatic N) is 2. The first-order valence-corrected chi connectivity index (χ1v) is 7.09. The summed E-state index contributed by atoms with van der Waals surface area (Å²) in [6.45, 7) is 0.962. The molecule has 1 saturated heterocycles. The summed E-state index contributed by atoms with van der Waals surface area (Å²) in [5.74, 6) is -1.66. The average molecular weight is 320 g/mol. The third kappa shape index (κ3) is 3.36. The van der Waals surface area contributed by atoms with Gasteiger partial charge in [0.05, 0.1) is 5.69 Å². The van der Waals surface area contributed by atoms with Crippen LogP contribution in [0.3, 0.4) is 0 Å². The highest BCUT2D eigenvalue weighted by Gasteiger charge is 2.26. The Bertz CT molecular complexity index is 773. The molecule has 0 bridgehead atoms. The second-order valence-corrected chi connectivity index (χ2v) is 5.31. The summed E-state index contributed by atoms with van der Waals surface area (Å²) in [6, 6.07) is 5.80. The van der Waals surface area contributed by atoms with Crippen molar-refractivity contribution in [3.8, 4) is 0 Å². The van der Waals surface area contributed by atoms with E-state index in [9.17, 15) is 18.4 Å². The van der Waals surface area contributed by atoms with Gasteiger partial charge in [0.15, 0.2) is 0 Å². The zero-order valence-corrected chi connectivity index (χ0v) is 12.1. The van der Waals surface area contributed by atoms with Crippen LogP contribution >= 0.6 is 0 Å². The van der Waals surface area contributed by atoms with Crippen LogP contribution in [-0.4, -0.2) is 35.2 Å². The van der Waals surface area contributed by atoms with E-state index in [-0.39, 0.29) is 17.3 Å². The summed E-state index contributed by atoms with van der Waals surface area (Å²) >= 11 is 0. The minimum absolute atomic E-state index is 0.107. The van der Waals surface area contributed by atoms with Crippen LogP contribution in [0.5, 0.6) is 0 Å². The van der Waals surface area contributed by atoms with Crippen molar-refractivity contribution in [1.82, 2.24) is 15.5 Å². The number of halogens is 2. The highest BCUT2D eigenvalue weighted by molar-refractivity contribution is 5.92. The monoisotopic (exact) mass is 320 g/mol. The summed E-state index contributed by atoms with van der Waals surface area (Å²) in [7, 11) is 0. The lowest BCUT2D eigenvalue weighted by atomic mass is 10.2. The van der Waals surface area contributed by atoms with Crippen molar-refractivity contribution in [2.45, 2.75) is 12.5 Å². The summed E-state index contributed by atoms with van der Waals surface area (Å²) in [4.78, 5) is 24.7. The molecule has 1 aromatic carbocycles. The fraction of sp³-hybridized carbons (Fsp3) is 0.267. The zero-order valence-electron chi connectivity index (χ0n) is 12.1. The van der Waals surface area contributed by atoms with Gasteiger partial charge in [-0.2, -0.15) is 5.10 Å². The maximum atomic E-state index is 13.8. The lowest BCUT2D eigenvalue weighted by molar-refractivity contribution is 0.0934. The fourth-order valence-electron chi connectivity index (χ4n) is 2.56. The Balaban J connectivity index is 1.64. The zero-order chi connectivity index (χ0) is 16.4. The SMILES string of the molecule is O=C(N[C@H]1CCN(c2ccc(F)cc2F)C1)c1ccc(=O)[nH]n1. The van der Waals surface area contributed by atoms with Gasteiger partial charge in [0.1, 0.15) is 17.3 Å². The van der Waals surface area contributed by atoms with E-state index in [4.69, 9.17) is 0 Å². The van der Waals surface area contributed by atoms with Crippen molar-refractivity contribution in [2.75, 3.05) is 18.0 Å². The molecule has 2 aromatic rings. The number of carbonyl (C=O) groups excluding carboxylic acids is 1. The quantitative estimate of drug-likeness (QED) is 0.886. The maximum Gasteiger partial charge on any atom is 0.271 e. The standard InChI is InChI=1S/C15H14F2N4O2/c16-9-1-3-13(11(17)7-9)21-6-5-10(8-21)18-15(23)12-2-4-14(22)20-19-12/h1-4,7,10H,5-6,8H2,(H,18,23)(H,20,22)/t10-/m0/s1. The summed E-state index contributed by atoms with van der Waals surface area (Å²) < 4.78 is 26.7. The van der Waals surface area contributed by atoms with Crippen LogP contribution in [0, 0.1) is 11.6 Å². The first kappa shape index (κ1) is 15.1. The molecule has 23 heavy (non-hydrogen) atoms. The van der Waals surface area contributed by atoms with Crippen LogP contribution < -0.4 is 15.8 Å². The largest absolute Gasteiger partial charge is 0.367 e. The van der Waals surface area contributed by atoms with E-state index in [0.29, 0.717) is 25.2 Å². The molecule has 2 N–H and O–H groups in total. The van der Waals surface area contributed by atoms with Gasteiger partial charge < -0.3 is 10.2 Å². The van der Waals surface area contributed by atoms with Crippen molar-refractivity contribution in [2.24, 2.45) is 0 Å². The third-order valence-electron chi connectivity index (χ3n) is 3.69. The number of carbonyl (C=O) groups is 1. The highest BCUT2D eigenvalue weighted by atomic mass is 19.1. The number of hydrogen-bond acceptors (Lipinski definition) is 4. The topological polar surface area (TPSA) is 78.1 Å². The predicted octanol–water partition coefficient (Wildman–Crippen LogP) is 1.06. The van der Waals surface area contributed by atoms with Gasteiger partial charge in [-0.1, -0.05) is 0 Å². The molecule has 1 amide bonds. The number of aromatic nitrogens is 2. The Morgan fingerprint density at radius 2 is 2.13 bits per heavy atom. The Kier molecular flexibility index (Phi) is 4.05. The molecule has 3 rings (SSSR count). The lowest BCUT2D eigenvalue weighted by Crippen LogP contribution is -2.38. The smallest absolute Gasteiger partial charge is 0.271 e. The molecule has 1 aromatic heterocycles. The summed E-state index contributed by atoms with van der Waals surface area (Å²) in [5.41, 5.74) is 0.0294. The number of H-pyrrole nitrogens is 1. The van der Waals surface area contributed by atoms with Gasteiger partial charge in [0, 0.05) is 31.3 Å². The van der Waals surface area contributed by atoms with Crippen LogP contribution in [0.25, 0.3) is 0 Å². The average Bonchev–Trinajstić information content (AvgIpc) is 2.96. The number of benzene rings is 1. The number of rotatable bonds is 3. The Hall–Kier alpha value is -2.77. The van der Waals surface area contributed by atoms with E-state index in [1.165, 1.54) is 24.3 Å². The molecule has 0 spiro atoms. The highest BCUT2D eigenvalue weighted by Crippen LogP contribution is 2.24. The number of hydrogen-bond donors (Lipinski definition) is 2. The van der Waals surface area contributed by atoms with Crippen LogP contribution in [-0.2, 0) is 0 Å². The fourth-order valence-corrected chi connectivity index (χ4v) is 2.56. The molecule has 0 radical (unpaired) electrons. The normalized spacial score (nSPS) is 17.3. The van der Waals surface area contributed by atoms with Gasteiger partial charge >= 0.3 is 0 Å². The van der Waals surface area contributed by atoms with E-state index in [0.717, 1.165) is 6.07 Å². The third-order valence-corrected chi connectivity index (χ3v) is 3.69. The summed E-state index contributed by atoms with van der Waals surface area (Å²) in [5, 5.41) is 8.63. The minimum atomic E-state index is -0.626. The minimum Gasteiger partial charge on any atom is -0.367 e. The number of amides is 1. The Labute approximate surface area is 130 Å². The van der Waals surface area contributed by atoms with Crippen molar-refractivity contribution in [3.63, 3.8) is 0 Å². The molecule has 0 aliphatic carbocycles. The predicted molar refractivity (Wildman–Crippen MR) is 79.3 cm³/mol. The van der Waals surface area contributed by atoms with Gasteiger partial charge in [0.2, 0.25) is 0 Å². The molecule has 1 atom stereocenters. The molecule has 0 saturated carbocycles. The lowest BCUT2D eigenvalue weighted by Gasteiger charge is -2.19. The summed E-state index contributed by atoms with van der Waals surface area (Å²) in [6.07, 6.45) is 0.631.